The van der Waals surface area contributed by atoms with Gasteiger partial charge in [-0.05, 0) is 6.42 Å². The van der Waals surface area contributed by atoms with Crippen LogP contribution < -0.4 is 10.8 Å². The molecule has 0 atom stereocenters. The Labute approximate surface area is 103 Å². The minimum Gasteiger partial charge on any atom is -0.347 e. The van der Waals surface area contributed by atoms with Gasteiger partial charge in [0.25, 0.3) is 5.91 Å². The molecule has 5 heteroatoms. The van der Waals surface area contributed by atoms with Crippen LogP contribution in [0.15, 0.2) is 0 Å². The Morgan fingerprint density at radius 1 is 0.941 bits per heavy atom. The molecule has 0 fully saturated rings. The number of hydroxylamine groups is 1. The first-order chi connectivity index (χ1) is 8.20. The molecule has 0 aromatic rings. The van der Waals surface area contributed by atoms with Crippen LogP contribution in [-0.4, -0.2) is 23.6 Å². The van der Waals surface area contributed by atoms with Crippen molar-refractivity contribution >= 4 is 11.8 Å². The fourth-order valence-electron chi connectivity index (χ4n) is 1.55. The summed E-state index contributed by atoms with van der Waals surface area (Å²) in [5, 5.41) is 10.6. The molecule has 0 heterocycles. The smallest absolute Gasteiger partial charge is 0.262 e. The predicted octanol–water partition coefficient (Wildman–Crippen LogP) is 1.75. The summed E-state index contributed by atoms with van der Waals surface area (Å²) in [4.78, 5) is 21.8. The number of nitrogens with one attached hydrogen (secondary N) is 2. The maximum atomic E-state index is 11.2. The number of rotatable bonds is 10. The van der Waals surface area contributed by atoms with Gasteiger partial charge in [-0.15, -0.1) is 0 Å². The van der Waals surface area contributed by atoms with Crippen LogP contribution in [0, 0.1) is 0 Å². The van der Waals surface area contributed by atoms with Gasteiger partial charge in [-0.2, -0.15) is 0 Å². The monoisotopic (exact) mass is 244 g/mol. The van der Waals surface area contributed by atoms with Crippen molar-refractivity contribution in [1.29, 1.82) is 0 Å². The molecule has 0 aliphatic heterocycles. The Morgan fingerprint density at radius 2 is 1.53 bits per heavy atom. The van der Waals surface area contributed by atoms with Gasteiger partial charge in [-0.3, -0.25) is 14.8 Å². The molecule has 0 rings (SSSR count). The van der Waals surface area contributed by atoms with Gasteiger partial charge in [0, 0.05) is 6.42 Å². The zero-order valence-corrected chi connectivity index (χ0v) is 10.6. The molecule has 100 valence electrons. The number of hydrogen-bond donors (Lipinski definition) is 3. The molecule has 0 unspecified atom stereocenters. The molecule has 17 heavy (non-hydrogen) atoms. The highest BCUT2D eigenvalue weighted by Crippen LogP contribution is 2.08. The van der Waals surface area contributed by atoms with E-state index < -0.39 is 5.91 Å². The van der Waals surface area contributed by atoms with Gasteiger partial charge in [0.1, 0.15) is 0 Å². The van der Waals surface area contributed by atoms with E-state index in [1.807, 2.05) is 0 Å². The largest absolute Gasteiger partial charge is 0.347 e. The lowest BCUT2D eigenvalue weighted by molar-refractivity contribution is -0.131. The predicted molar refractivity (Wildman–Crippen MR) is 65.5 cm³/mol. The van der Waals surface area contributed by atoms with E-state index in [9.17, 15) is 9.59 Å². The summed E-state index contributed by atoms with van der Waals surface area (Å²) in [6.45, 7) is 2.03. The molecule has 0 radical (unpaired) electrons. The van der Waals surface area contributed by atoms with E-state index in [0.717, 1.165) is 12.8 Å². The normalized spacial score (nSPS) is 10.0. The molecule has 0 saturated heterocycles. The van der Waals surface area contributed by atoms with E-state index in [1.54, 1.807) is 0 Å². The Hall–Kier alpha value is -1.10. The van der Waals surface area contributed by atoms with E-state index in [0.29, 0.717) is 6.42 Å². The number of hydrogen-bond acceptors (Lipinski definition) is 3. The standard InChI is InChI=1S/C12H24N2O3/c1-2-3-4-5-6-7-8-9-11(15)13-10-12(16)14-17/h17H,2-10H2,1H3,(H,13,15)(H,14,16). The van der Waals surface area contributed by atoms with Crippen molar-refractivity contribution in [3.05, 3.63) is 0 Å². The Balaban J connectivity index is 3.25. The van der Waals surface area contributed by atoms with Crippen molar-refractivity contribution < 1.29 is 14.8 Å². The van der Waals surface area contributed by atoms with Gasteiger partial charge < -0.3 is 5.32 Å². The van der Waals surface area contributed by atoms with Crippen LogP contribution >= 0.6 is 0 Å². The van der Waals surface area contributed by atoms with E-state index in [-0.39, 0.29) is 12.5 Å². The number of amides is 2. The number of carbonyl (C=O) groups is 2. The number of carbonyl (C=O) groups excluding carboxylic acids is 2. The average molecular weight is 244 g/mol. The molecule has 0 saturated carbocycles. The lowest BCUT2D eigenvalue weighted by atomic mass is 10.1. The van der Waals surface area contributed by atoms with Crippen molar-refractivity contribution in [2.75, 3.05) is 6.54 Å². The molecule has 3 N–H and O–H groups in total. The second kappa shape index (κ2) is 11.4. The molecule has 5 nitrogen and oxygen atoms in total. The third kappa shape index (κ3) is 11.2. The van der Waals surface area contributed by atoms with E-state index >= 15 is 0 Å². The third-order valence-electron chi connectivity index (χ3n) is 2.58. The van der Waals surface area contributed by atoms with Crippen LogP contribution in [0.3, 0.4) is 0 Å². The van der Waals surface area contributed by atoms with Gasteiger partial charge in [0.2, 0.25) is 5.91 Å². The lowest BCUT2D eigenvalue weighted by Crippen LogP contribution is -2.35. The van der Waals surface area contributed by atoms with Gasteiger partial charge in [-0.1, -0.05) is 45.4 Å². The highest BCUT2D eigenvalue weighted by molar-refractivity contribution is 5.83. The highest BCUT2D eigenvalue weighted by Gasteiger charge is 2.03. The average Bonchev–Trinajstić information content (AvgIpc) is 2.34. The lowest BCUT2D eigenvalue weighted by Gasteiger charge is -2.03. The summed E-state index contributed by atoms with van der Waals surface area (Å²) in [6.07, 6.45) is 8.59. The Morgan fingerprint density at radius 3 is 2.12 bits per heavy atom. The van der Waals surface area contributed by atoms with Crippen molar-refractivity contribution in [3.63, 3.8) is 0 Å². The van der Waals surface area contributed by atoms with Crippen LogP contribution in [-0.2, 0) is 9.59 Å². The minimum atomic E-state index is -0.599. The molecule has 0 bridgehead atoms. The third-order valence-corrected chi connectivity index (χ3v) is 2.58. The summed E-state index contributed by atoms with van der Waals surface area (Å²) >= 11 is 0. The first-order valence-corrected chi connectivity index (χ1v) is 6.40. The Kier molecular flexibility index (Phi) is 10.7. The maximum Gasteiger partial charge on any atom is 0.262 e. The molecule has 0 aromatic carbocycles. The summed E-state index contributed by atoms with van der Waals surface area (Å²) in [5.74, 6) is -0.736. The molecule has 0 aliphatic carbocycles. The highest BCUT2D eigenvalue weighted by atomic mass is 16.5. The summed E-state index contributed by atoms with van der Waals surface area (Å²) in [6, 6.07) is 0. The maximum absolute atomic E-state index is 11.2. The van der Waals surface area contributed by atoms with Crippen LogP contribution in [0.2, 0.25) is 0 Å². The molecule has 0 spiro atoms. The quantitative estimate of drug-likeness (QED) is 0.311. The summed E-state index contributed by atoms with van der Waals surface area (Å²) in [5.41, 5.74) is 1.46. The summed E-state index contributed by atoms with van der Waals surface area (Å²) in [7, 11) is 0. The molecule has 0 aliphatic rings. The van der Waals surface area contributed by atoms with Crippen LogP contribution in [0.1, 0.15) is 58.3 Å². The topological polar surface area (TPSA) is 78.4 Å². The van der Waals surface area contributed by atoms with Gasteiger partial charge in [0.15, 0.2) is 0 Å². The van der Waals surface area contributed by atoms with Crippen LogP contribution in [0.4, 0.5) is 0 Å². The van der Waals surface area contributed by atoms with Gasteiger partial charge >= 0.3 is 0 Å². The molecular formula is C12H24N2O3. The minimum absolute atomic E-state index is 0.137. The fourth-order valence-corrected chi connectivity index (χ4v) is 1.55. The van der Waals surface area contributed by atoms with Gasteiger partial charge in [-0.25, -0.2) is 5.48 Å². The summed E-state index contributed by atoms with van der Waals surface area (Å²) < 4.78 is 0. The molecule has 0 aromatic heterocycles. The second-order valence-corrected chi connectivity index (χ2v) is 4.18. The van der Waals surface area contributed by atoms with Crippen molar-refractivity contribution in [1.82, 2.24) is 10.8 Å². The zero-order valence-electron chi connectivity index (χ0n) is 10.6. The van der Waals surface area contributed by atoms with Gasteiger partial charge in [0.05, 0.1) is 6.54 Å². The first kappa shape index (κ1) is 15.9. The zero-order chi connectivity index (χ0) is 12.9. The molecular weight excluding hydrogens is 220 g/mol. The van der Waals surface area contributed by atoms with Crippen molar-refractivity contribution in [2.24, 2.45) is 0 Å². The molecule has 2 amide bonds. The fraction of sp³-hybridized carbons (Fsp3) is 0.833. The second-order valence-electron chi connectivity index (χ2n) is 4.18. The van der Waals surface area contributed by atoms with E-state index in [4.69, 9.17) is 5.21 Å². The van der Waals surface area contributed by atoms with E-state index in [2.05, 4.69) is 12.2 Å². The van der Waals surface area contributed by atoms with Crippen LogP contribution in [0.25, 0.3) is 0 Å². The van der Waals surface area contributed by atoms with E-state index in [1.165, 1.54) is 37.6 Å². The first-order valence-electron chi connectivity index (χ1n) is 6.40. The van der Waals surface area contributed by atoms with Crippen molar-refractivity contribution in [2.45, 2.75) is 58.3 Å². The SMILES string of the molecule is CCCCCCCCCC(=O)NCC(=O)NO. The van der Waals surface area contributed by atoms with Crippen molar-refractivity contribution in [3.8, 4) is 0 Å². The van der Waals surface area contributed by atoms with Crippen LogP contribution in [0.5, 0.6) is 0 Å². The Bertz CT molecular complexity index is 220. The number of unbranched alkanes of at least 4 members (excludes halogenated alkanes) is 6.